The van der Waals surface area contributed by atoms with Crippen LogP contribution in [-0.4, -0.2) is 22.8 Å². The maximum absolute atomic E-state index is 12.1. The zero-order chi connectivity index (χ0) is 12.0. The fourth-order valence-corrected chi connectivity index (χ4v) is 1.57. The minimum atomic E-state index is -2.35. The molecule has 0 aromatic carbocycles. The van der Waals surface area contributed by atoms with Crippen LogP contribution in [0.5, 0.6) is 0 Å². The van der Waals surface area contributed by atoms with Gasteiger partial charge in [-0.3, -0.25) is 4.68 Å². The highest BCUT2D eigenvalue weighted by atomic mass is 19.3. The molecule has 1 heterocycles. The number of halogens is 2. The molecule has 0 spiro atoms. The van der Waals surface area contributed by atoms with E-state index in [9.17, 15) is 8.78 Å². The van der Waals surface area contributed by atoms with Gasteiger partial charge in [0.25, 0.3) is 6.43 Å². The Labute approximate surface area is 94.8 Å². The SMILES string of the molecule is CCCC(C)CNc1ccn(CC(F)F)n1. The predicted molar refractivity (Wildman–Crippen MR) is 60.8 cm³/mol. The Morgan fingerprint density at radius 2 is 2.25 bits per heavy atom. The molecule has 0 aliphatic heterocycles. The molecule has 1 atom stereocenters. The van der Waals surface area contributed by atoms with E-state index in [1.54, 1.807) is 12.3 Å². The molecule has 16 heavy (non-hydrogen) atoms. The second kappa shape index (κ2) is 6.45. The lowest BCUT2D eigenvalue weighted by Gasteiger charge is -2.10. The first-order chi connectivity index (χ1) is 7.61. The molecular weight excluding hydrogens is 212 g/mol. The molecule has 0 saturated heterocycles. The maximum Gasteiger partial charge on any atom is 0.257 e. The van der Waals surface area contributed by atoms with Crippen LogP contribution in [0.3, 0.4) is 0 Å². The first-order valence-corrected chi connectivity index (χ1v) is 5.67. The molecule has 5 heteroatoms. The Kier molecular flexibility index (Phi) is 5.22. The maximum atomic E-state index is 12.1. The van der Waals surface area contributed by atoms with Gasteiger partial charge in [0, 0.05) is 18.8 Å². The van der Waals surface area contributed by atoms with Crippen molar-refractivity contribution in [1.29, 1.82) is 0 Å². The summed E-state index contributed by atoms with van der Waals surface area (Å²) in [7, 11) is 0. The molecule has 0 aliphatic carbocycles. The number of hydrogen-bond acceptors (Lipinski definition) is 2. The quantitative estimate of drug-likeness (QED) is 0.781. The van der Waals surface area contributed by atoms with Crippen molar-refractivity contribution in [2.45, 2.75) is 39.7 Å². The van der Waals surface area contributed by atoms with Crippen molar-refractivity contribution in [1.82, 2.24) is 9.78 Å². The second-order valence-corrected chi connectivity index (χ2v) is 4.09. The van der Waals surface area contributed by atoms with Gasteiger partial charge in [0.1, 0.15) is 12.4 Å². The number of nitrogens with one attached hydrogen (secondary N) is 1. The van der Waals surface area contributed by atoms with Crippen LogP contribution < -0.4 is 5.32 Å². The summed E-state index contributed by atoms with van der Waals surface area (Å²) in [6.45, 7) is 4.80. The summed E-state index contributed by atoms with van der Waals surface area (Å²) in [6, 6.07) is 1.72. The lowest BCUT2D eigenvalue weighted by atomic mass is 10.1. The zero-order valence-electron chi connectivity index (χ0n) is 9.79. The number of aromatic nitrogens is 2. The number of anilines is 1. The molecule has 0 bridgehead atoms. The van der Waals surface area contributed by atoms with Crippen LogP contribution >= 0.6 is 0 Å². The van der Waals surface area contributed by atoms with Gasteiger partial charge >= 0.3 is 0 Å². The first-order valence-electron chi connectivity index (χ1n) is 5.67. The monoisotopic (exact) mass is 231 g/mol. The average Bonchev–Trinajstić information content (AvgIpc) is 2.62. The van der Waals surface area contributed by atoms with Gasteiger partial charge in [-0.25, -0.2) is 8.78 Å². The van der Waals surface area contributed by atoms with E-state index < -0.39 is 6.43 Å². The molecule has 92 valence electrons. The van der Waals surface area contributed by atoms with Gasteiger partial charge in [0.15, 0.2) is 0 Å². The molecule has 1 unspecified atom stereocenters. The molecule has 1 N–H and O–H groups in total. The highest BCUT2D eigenvalue weighted by Gasteiger charge is 2.06. The molecule has 3 nitrogen and oxygen atoms in total. The summed E-state index contributed by atoms with van der Waals surface area (Å²) >= 11 is 0. The highest BCUT2D eigenvalue weighted by Crippen LogP contribution is 2.09. The van der Waals surface area contributed by atoms with Crippen LogP contribution in [0.15, 0.2) is 12.3 Å². The Bertz CT molecular complexity index is 299. The summed E-state index contributed by atoms with van der Waals surface area (Å²) in [4.78, 5) is 0. The van der Waals surface area contributed by atoms with E-state index in [2.05, 4.69) is 24.3 Å². The molecule has 0 fully saturated rings. The fraction of sp³-hybridized carbons (Fsp3) is 0.727. The number of rotatable bonds is 7. The van der Waals surface area contributed by atoms with Crippen molar-refractivity contribution >= 4 is 5.82 Å². The van der Waals surface area contributed by atoms with Crippen molar-refractivity contribution in [3.63, 3.8) is 0 Å². The topological polar surface area (TPSA) is 29.9 Å². The minimum Gasteiger partial charge on any atom is -0.368 e. The number of hydrogen-bond donors (Lipinski definition) is 1. The molecule has 1 aromatic heterocycles. The second-order valence-electron chi connectivity index (χ2n) is 4.09. The van der Waals surface area contributed by atoms with E-state index in [1.165, 1.54) is 4.68 Å². The highest BCUT2D eigenvalue weighted by molar-refractivity contribution is 5.31. The van der Waals surface area contributed by atoms with Crippen LogP contribution in [0.1, 0.15) is 26.7 Å². The van der Waals surface area contributed by atoms with Crippen molar-refractivity contribution in [3.8, 4) is 0 Å². The molecular formula is C11H19F2N3. The Morgan fingerprint density at radius 1 is 1.50 bits per heavy atom. The van der Waals surface area contributed by atoms with Crippen molar-refractivity contribution in [3.05, 3.63) is 12.3 Å². The molecule has 0 aliphatic rings. The number of alkyl halides is 2. The summed E-state index contributed by atoms with van der Waals surface area (Å²) in [6.07, 6.45) is 1.53. The lowest BCUT2D eigenvalue weighted by molar-refractivity contribution is 0.122. The van der Waals surface area contributed by atoms with Crippen LogP contribution in [0, 0.1) is 5.92 Å². The summed E-state index contributed by atoms with van der Waals surface area (Å²) in [5.74, 6) is 1.24. The van der Waals surface area contributed by atoms with Gasteiger partial charge in [0.2, 0.25) is 0 Å². The first kappa shape index (κ1) is 12.9. The summed E-state index contributed by atoms with van der Waals surface area (Å²) in [5.41, 5.74) is 0. The fourth-order valence-electron chi connectivity index (χ4n) is 1.57. The third-order valence-electron chi connectivity index (χ3n) is 2.38. The smallest absolute Gasteiger partial charge is 0.257 e. The summed E-state index contributed by atoms with van der Waals surface area (Å²) in [5, 5.41) is 7.15. The van der Waals surface area contributed by atoms with Gasteiger partial charge in [-0.05, 0) is 12.3 Å². The third kappa shape index (κ3) is 4.59. The van der Waals surface area contributed by atoms with Gasteiger partial charge in [-0.15, -0.1) is 0 Å². The zero-order valence-corrected chi connectivity index (χ0v) is 9.79. The van der Waals surface area contributed by atoms with Gasteiger partial charge in [-0.2, -0.15) is 5.10 Å². The van der Waals surface area contributed by atoms with E-state index in [1.807, 2.05) is 0 Å². The van der Waals surface area contributed by atoms with E-state index in [0.717, 1.165) is 19.4 Å². The summed E-state index contributed by atoms with van der Waals surface area (Å²) < 4.78 is 25.4. The van der Waals surface area contributed by atoms with Crippen LogP contribution in [0.4, 0.5) is 14.6 Å². The van der Waals surface area contributed by atoms with Gasteiger partial charge in [-0.1, -0.05) is 20.3 Å². The van der Waals surface area contributed by atoms with Crippen molar-refractivity contribution in [2.24, 2.45) is 5.92 Å². The molecule has 0 amide bonds. The normalized spacial score (nSPS) is 13.1. The van der Waals surface area contributed by atoms with Gasteiger partial charge < -0.3 is 5.32 Å². The molecule has 0 radical (unpaired) electrons. The van der Waals surface area contributed by atoms with Gasteiger partial charge in [0.05, 0.1) is 0 Å². The van der Waals surface area contributed by atoms with E-state index in [0.29, 0.717) is 11.7 Å². The van der Waals surface area contributed by atoms with Crippen LogP contribution in [0.2, 0.25) is 0 Å². The molecule has 0 saturated carbocycles. The third-order valence-corrected chi connectivity index (χ3v) is 2.38. The standard InChI is InChI=1S/C11H19F2N3/c1-3-4-9(2)7-14-11-5-6-16(15-11)8-10(12)13/h5-6,9-10H,3-4,7-8H2,1-2H3,(H,14,15). The van der Waals surface area contributed by atoms with Crippen LogP contribution in [0.25, 0.3) is 0 Å². The Morgan fingerprint density at radius 3 is 2.88 bits per heavy atom. The van der Waals surface area contributed by atoms with E-state index >= 15 is 0 Å². The van der Waals surface area contributed by atoms with E-state index in [-0.39, 0.29) is 6.54 Å². The lowest BCUT2D eigenvalue weighted by Crippen LogP contribution is -2.12. The van der Waals surface area contributed by atoms with Crippen molar-refractivity contribution in [2.75, 3.05) is 11.9 Å². The Balaban J connectivity index is 2.34. The predicted octanol–water partition coefficient (Wildman–Crippen LogP) is 3.00. The minimum absolute atomic E-state index is 0.341. The van der Waals surface area contributed by atoms with Crippen molar-refractivity contribution < 1.29 is 8.78 Å². The average molecular weight is 231 g/mol. The largest absolute Gasteiger partial charge is 0.368 e. The Hall–Kier alpha value is -1.13. The molecule has 1 rings (SSSR count). The van der Waals surface area contributed by atoms with Crippen LogP contribution in [-0.2, 0) is 6.54 Å². The number of nitrogens with zero attached hydrogens (tertiary/aromatic N) is 2. The van der Waals surface area contributed by atoms with E-state index in [4.69, 9.17) is 0 Å². The molecule has 1 aromatic rings.